The average Bonchev–Trinajstić information content (AvgIpc) is 2.65. The van der Waals surface area contributed by atoms with Crippen LogP contribution in [0.2, 0.25) is 5.02 Å². The van der Waals surface area contributed by atoms with Crippen molar-refractivity contribution in [1.82, 2.24) is 10.2 Å². The molecule has 0 radical (unpaired) electrons. The van der Waals surface area contributed by atoms with E-state index < -0.39 is 0 Å². The highest BCUT2D eigenvalue weighted by Gasteiger charge is 2.28. The molecule has 28 heavy (non-hydrogen) atoms. The molecule has 0 aromatic heterocycles. The third-order valence-corrected chi connectivity index (χ3v) is 5.36. The third-order valence-electron chi connectivity index (χ3n) is 5.03. The summed E-state index contributed by atoms with van der Waals surface area (Å²) in [6.45, 7) is 6.95. The third kappa shape index (κ3) is 6.01. The first-order valence-corrected chi connectivity index (χ1v) is 10.0. The second-order valence-corrected chi connectivity index (χ2v) is 7.54. The number of hydrogen-bond donors (Lipinski definition) is 2. The van der Waals surface area contributed by atoms with Crippen LogP contribution in [0.3, 0.4) is 0 Å². The molecule has 1 aromatic rings. The summed E-state index contributed by atoms with van der Waals surface area (Å²) < 4.78 is 10.2. The van der Waals surface area contributed by atoms with Crippen LogP contribution in [-0.2, 0) is 9.53 Å². The number of ether oxygens (including phenoxy) is 2. The van der Waals surface area contributed by atoms with Crippen molar-refractivity contribution in [3.63, 3.8) is 0 Å². The lowest BCUT2D eigenvalue weighted by molar-refractivity contribution is -0.143. The molecule has 0 aliphatic carbocycles. The zero-order valence-corrected chi connectivity index (χ0v) is 17.6. The summed E-state index contributed by atoms with van der Waals surface area (Å²) in [5.74, 6) is 0.333. The van der Waals surface area contributed by atoms with Crippen molar-refractivity contribution in [3.8, 4) is 5.75 Å². The minimum absolute atomic E-state index is 0.0647. The van der Waals surface area contributed by atoms with E-state index in [0.717, 1.165) is 32.5 Å². The van der Waals surface area contributed by atoms with Gasteiger partial charge in [-0.2, -0.15) is 0 Å². The Hall–Kier alpha value is -1.99. The predicted molar refractivity (Wildman–Crippen MR) is 110 cm³/mol. The lowest BCUT2D eigenvalue weighted by atomic mass is 9.93. The zero-order valence-electron chi connectivity index (χ0n) is 16.8. The van der Waals surface area contributed by atoms with Crippen LogP contribution in [-0.4, -0.2) is 56.2 Å². The van der Waals surface area contributed by atoms with Gasteiger partial charge in [-0.1, -0.05) is 18.5 Å². The van der Waals surface area contributed by atoms with Gasteiger partial charge in [-0.05, 0) is 38.3 Å². The first kappa shape index (κ1) is 22.3. The fraction of sp³-hybridized carbons (Fsp3) is 0.600. The molecule has 1 saturated heterocycles. The number of carbonyl (C=O) groups excluding carboxylic acids is 2. The standard InChI is InChI=1S/C20H30ClN3O4/c1-4-28-19(25)6-5-8-24-9-7-17(13(2)12-24)23-20(26)14-10-15(21)16(22)11-18(14)27-3/h10-11,13,17H,4-9,12,22H2,1-3H3,(H,23,26). The van der Waals surface area contributed by atoms with Crippen LogP contribution in [0.4, 0.5) is 5.69 Å². The van der Waals surface area contributed by atoms with E-state index in [0.29, 0.717) is 35.1 Å². The maximum Gasteiger partial charge on any atom is 0.305 e. The molecule has 7 nitrogen and oxygen atoms in total. The monoisotopic (exact) mass is 411 g/mol. The molecule has 1 aromatic carbocycles. The lowest BCUT2D eigenvalue weighted by Crippen LogP contribution is -2.50. The van der Waals surface area contributed by atoms with E-state index in [9.17, 15) is 9.59 Å². The Morgan fingerprint density at radius 2 is 2.14 bits per heavy atom. The number of esters is 1. The highest BCUT2D eigenvalue weighted by molar-refractivity contribution is 6.33. The van der Waals surface area contributed by atoms with Gasteiger partial charge in [0.2, 0.25) is 0 Å². The Kier molecular flexibility index (Phi) is 8.38. The van der Waals surface area contributed by atoms with Crippen molar-refractivity contribution in [2.24, 2.45) is 5.92 Å². The molecular formula is C20H30ClN3O4. The number of likely N-dealkylation sites (tertiary alicyclic amines) is 1. The molecule has 3 N–H and O–H groups in total. The number of carbonyl (C=O) groups is 2. The number of nitrogen functional groups attached to an aromatic ring is 1. The number of nitrogens with zero attached hydrogens (tertiary/aromatic N) is 1. The van der Waals surface area contributed by atoms with E-state index >= 15 is 0 Å². The van der Waals surface area contributed by atoms with Crippen LogP contribution in [0.15, 0.2) is 12.1 Å². The summed E-state index contributed by atoms with van der Waals surface area (Å²) >= 11 is 6.07. The Morgan fingerprint density at radius 3 is 2.79 bits per heavy atom. The van der Waals surface area contributed by atoms with Gasteiger partial charge in [-0.3, -0.25) is 9.59 Å². The van der Waals surface area contributed by atoms with Crippen LogP contribution in [0.25, 0.3) is 0 Å². The second kappa shape index (κ2) is 10.5. The van der Waals surface area contributed by atoms with Crippen molar-refractivity contribution >= 4 is 29.2 Å². The van der Waals surface area contributed by atoms with Gasteiger partial charge in [0.1, 0.15) is 5.75 Å². The molecule has 1 fully saturated rings. The van der Waals surface area contributed by atoms with Gasteiger partial charge in [0.05, 0.1) is 30.0 Å². The predicted octanol–water partition coefficient (Wildman–Crippen LogP) is 2.71. The van der Waals surface area contributed by atoms with Gasteiger partial charge in [-0.25, -0.2) is 0 Å². The van der Waals surface area contributed by atoms with Gasteiger partial charge in [-0.15, -0.1) is 0 Å². The average molecular weight is 412 g/mol. The minimum Gasteiger partial charge on any atom is -0.496 e. The van der Waals surface area contributed by atoms with E-state index in [1.54, 1.807) is 12.1 Å². The summed E-state index contributed by atoms with van der Waals surface area (Å²) in [7, 11) is 1.50. The van der Waals surface area contributed by atoms with Crippen LogP contribution < -0.4 is 15.8 Å². The molecule has 2 unspecified atom stereocenters. The number of benzene rings is 1. The maximum absolute atomic E-state index is 12.7. The van der Waals surface area contributed by atoms with Crippen LogP contribution >= 0.6 is 11.6 Å². The number of nitrogens with two attached hydrogens (primary N) is 1. The van der Waals surface area contributed by atoms with E-state index in [2.05, 4.69) is 17.1 Å². The van der Waals surface area contributed by atoms with Gasteiger partial charge in [0.25, 0.3) is 5.91 Å². The molecule has 2 atom stereocenters. The second-order valence-electron chi connectivity index (χ2n) is 7.13. The number of rotatable bonds is 8. The molecule has 8 heteroatoms. The number of amides is 1. The number of nitrogens with one attached hydrogen (secondary N) is 1. The Morgan fingerprint density at radius 1 is 1.39 bits per heavy atom. The van der Waals surface area contributed by atoms with E-state index in [1.807, 2.05) is 6.92 Å². The summed E-state index contributed by atoms with van der Waals surface area (Å²) in [5.41, 5.74) is 6.54. The van der Waals surface area contributed by atoms with Crippen LogP contribution in [0.5, 0.6) is 5.75 Å². The molecule has 0 bridgehead atoms. The Balaban J connectivity index is 1.87. The molecular weight excluding hydrogens is 382 g/mol. The van der Waals surface area contributed by atoms with Crippen molar-refractivity contribution in [2.45, 2.75) is 39.2 Å². The number of piperidine rings is 1. The number of anilines is 1. The molecule has 1 amide bonds. The van der Waals surface area contributed by atoms with Crippen molar-refractivity contribution in [2.75, 3.05) is 39.1 Å². The van der Waals surface area contributed by atoms with E-state index in [-0.39, 0.29) is 23.8 Å². The summed E-state index contributed by atoms with van der Waals surface area (Å²) in [4.78, 5) is 26.5. The first-order valence-electron chi connectivity index (χ1n) is 9.67. The van der Waals surface area contributed by atoms with Gasteiger partial charge in [0.15, 0.2) is 0 Å². The topological polar surface area (TPSA) is 93.9 Å². The number of hydrogen-bond acceptors (Lipinski definition) is 6. The van der Waals surface area contributed by atoms with Crippen LogP contribution in [0.1, 0.15) is 43.5 Å². The first-order chi connectivity index (χ1) is 13.3. The number of methoxy groups -OCH3 is 1. The molecule has 1 heterocycles. The fourth-order valence-corrected chi connectivity index (χ4v) is 3.65. The highest BCUT2D eigenvalue weighted by Crippen LogP contribution is 2.29. The maximum atomic E-state index is 12.7. The fourth-order valence-electron chi connectivity index (χ4n) is 3.49. The van der Waals surface area contributed by atoms with E-state index in [4.69, 9.17) is 26.8 Å². The Labute approximate surface area is 171 Å². The SMILES string of the molecule is CCOC(=O)CCCN1CCC(NC(=O)c2cc(Cl)c(N)cc2OC)C(C)C1. The molecule has 1 aliphatic rings. The van der Waals surface area contributed by atoms with Crippen molar-refractivity contribution < 1.29 is 19.1 Å². The van der Waals surface area contributed by atoms with Gasteiger partial charge >= 0.3 is 5.97 Å². The van der Waals surface area contributed by atoms with Crippen molar-refractivity contribution in [3.05, 3.63) is 22.7 Å². The van der Waals surface area contributed by atoms with Gasteiger partial charge in [0, 0.05) is 31.6 Å². The quantitative estimate of drug-likeness (QED) is 0.504. The smallest absolute Gasteiger partial charge is 0.305 e. The molecule has 0 spiro atoms. The molecule has 2 rings (SSSR count). The minimum atomic E-state index is -0.216. The van der Waals surface area contributed by atoms with Crippen LogP contribution in [0, 0.1) is 5.92 Å². The largest absolute Gasteiger partial charge is 0.496 e. The van der Waals surface area contributed by atoms with Crippen molar-refractivity contribution in [1.29, 1.82) is 0 Å². The zero-order chi connectivity index (χ0) is 20.7. The normalized spacial score (nSPS) is 19.9. The molecule has 156 valence electrons. The molecule has 0 saturated carbocycles. The molecule has 1 aliphatic heterocycles. The number of halogens is 1. The summed E-state index contributed by atoms with van der Waals surface area (Å²) in [6.07, 6.45) is 2.07. The summed E-state index contributed by atoms with van der Waals surface area (Å²) in [6, 6.07) is 3.17. The van der Waals surface area contributed by atoms with E-state index in [1.165, 1.54) is 7.11 Å². The van der Waals surface area contributed by atoms with Gasteiger partial charge < -0.3 is 25.4 Å². The highest BCUT2D eigenvalue weighted by atomic mass is 35.5. The summed E-state index contributed by atoms with van der Waals surface area (Å²) in [5, 5.41) is 3.43. The Bertz CT molecular complexity index is 698. The lowest BCUT2D eigenvalue weighted by Gasteiger charge is -2.37.